The van der Waals surface area contributed by atoms with Crippen molar-refractivity contribution in [2.45, 2.75) is 6.54 Å². The molecular formula is C14H16N2O2S. The molecule has 100 valence electrons. The smallest absolute Gasteiger partial charge is 0.404 e. The molecule has 5 heteroatoms. The van der Waals surface area contributed by atoms with Crippen molar-refractivity contribution < 1.29 is 9.53 Å². The first-order valence-corrected chi connectivity index (χ1v) is 6.84. The minimum Gasteiger partial charge on any atom is -0.448 e. The largest absolute Gasteiger partial charge is 0.448 e. The van der Waals surface area contributed by atoms with Gasteiger partial charge in [-0.1, -0.05) is 30.3 Å². The molecule has 0 fully saturated rings. The van der Waals surface area contributed by atoms with E-state index in [0.29, 0.717) is 13.2 Å². The zero-order valence-corrected chi connectivity index (χ0v) is 11.3. The first-order chi connectivity index (χ1) is 9.25. The van der Waals surface area contributed by atoms with Crippen molar-refractivity contribution in [1.82, 2.24) is 5.32 Å². The van der Waals surface area contributed by atoms with Gasteiger partial charge in [-0.25, -0.2) is 4.79 Å². The molecule has 0 spiro atoms. The molecule has 4 nitrogen and oxygen atoms in total. The summed E-state index contributed by atoms with van der Waals surface area (Å²) in [7, 11) is 0. The number of carbonyl (C=O) groups excluding carboxylic acids is 1. The zero-order valence-electron chi connectivity index (χ0n) is 10.5. The molecule has 1 heterocycles. The summed E-state index contributed by atoms with van der Waals surface area (Å²) in [4.78, 5) is 12.9. The fraction of sp³-hybridized carbons (Fsp3) is 0.214. The zero-order chi connectivity index (χ0) is 13.5. The first-order valence-electron chi connectivity index (χ1n) is 6.03. The second kappa shape index (κ2) is 6.92. The third kappa shape index (κ3) is 4.39. The SMILES string of the molecule is NC(=O)OCCNCc1ccc(-c2ccccc2)s1. The molecule has 0 atom stereocenters. The molecule has 1 aromatic heterocycles. The standard InChI is InChI=1S/C14H16N2O2S/c15-14(17)18-9-8-16-10-12-6-7-13(19-12)11-4-2-1-3-5-11/h1-7,16H,8-10H2,(H2,15,17). The number of carbonyl (C=O) groups is 1. The molecule has 19 heavy (non-hydrogen) atoms. The van der Waals surface area contributed by atoms with Crippen LogP contribution in [0.3, 0.4) is 0 Å². The van der Waals surface area contributed by atoms with Crippen LogP contribution in [-0.2, 0) is 11.3 Å². The maximum Gasteiger partial charge on any atom is 0.404 e. The summed E-state index contributed by atoms with van der Waals surface area (Å²) < 4.78 is 4.63. The van der Waals surface area contributed by atoms with E-state index in [4.69, 9.17) is 5.73 Å². The molecule has 1 amide bonds. The molecule has 0 saturated heterocycles. The van der Waals surface area contributed by atoms with E-state index in [0.717, 1.165) is 6.54 Å². The molecule has 0 bridgehead atoms. The van der Waals surface area contributed by atoms with Crippen molar-refractivity contribution >= 4 is 17.4 Å². The van der Waals surface area contributed by atoms with Crippen LogP contribution >= 0.6 is 11.3 Å². The Balaban J connectivity index is 1.80. The van der Waals surface area contributed by atoms with Gasteiger partial charge in [-0.2, -0.15) is 0 Å². The Morgan fingerprint density at radius 3 is 2.74 bits per heavy atom. The first kappa shape index (κ1) is 13.6. The minimum absolute atomic E-state index is 0.298. The molecule has 2 rings (SSSR count). The van der Waals surface area contributed by atoms with E-state index in [-0.39, 0.29) is 0 Å². The third-order valence-electron chi connectivity index (χ3n) is 2.54. The van der Waals surface area contributed by atoms with Gasteiger partial charge >= 0.3 is 6.09 Å². The van der Waals surface area contributed by atoms with Crippen LogP contribution in [0, 0.1) is 0 Å². The van der Waals surface area contributed by atoms with Crippen LogP contribution in [0.1, 0.15) is 4.88 Å². The fourth-order valence-corrected chi connectivity index (χ4v) is 2.65. The number of primary amides is 1. The predicted octanol–water partition coefficient (Wildman–Crippen LogP) is 2.60. The highest BCUT2D eigenvalue weighted by Crippen LogP contribution is 2.27. The van der Waals surface area contributed by atoms with Gasteiger partial charge in [0.25, 0.3) is 0 Å². The molecule has 0 aliphatic rings. The van der Waals surface area contributed by atoms with Crippen molar-refractivity contribution in [1.29, 1.82) is 0 Å². The number of nitrogens with one attached hydrogen (secondary N) is 1. The second-order valence-corrected chi connectivity index (χ2v) is 5.14. The van der Waals surface area contributed by atoms with E-state index in [1.54, 1.807) is 11.3 Å². The summed E-state index contributed by atoms with van der Waals surface area (Å²) in [6.07, 6.45) is -0.732. The van der Waals surface area contributed by atoms with Crippen LogP contribution < -0.4 is 11.1 Å². The van der Waals surface area contributed by atoms with Gasteiger partial charge in [0, 0.05) is 22.8 Å². The lowest BCUT2D eigenvalue weighted by Gasteiger charge is -2.02. The molecule has 0 saturated carbocycles. The van der Waals surface area contributed by atoms with E-state index < -0.39 is 6.09 Å². The molecule has 2 aromatic rings. The van der Waals surface area contributed by atoms with Crippen LogP contribution in [0.2, 0.25) is 0 Å². The maximum absolute atomic E-state index is 10.4. The molecule has 0 aliphatic carbocycles. The number of amides is 1. The number of benzene rings is 1. The van der Waals surface area contributed by atoms with Crippen LogP contribution in [0.5, 0.6) is 0 Å². The lowest BCUT2D eigenvalue weighted by molar-refractivity contribution is 0.157. The summed E-state index contributed by atoms with van der Waals surface area (Å²) in [6.45, 7) is 1.66. The van der Waals surface area contributed by atoms with E-state index in [9.17, 15) is 4.79 Å². The summed E-state index contributed by atoms with van der Waals surface area (Å²) in [5.74, 6) is 0. The minimum atomic E-state index is -0.732. The molecule has 0 radical (unpaired) electrons. The lowest BCUT2D eigenvalue weighted by atomic mass is 10.2. The van der Waals surface area contributed by atoms with Crippen LogP contribution in [0.15, 0.2) is 42.5 Å². The average Bonchev–Trinajstić information content (AvgIpc) is 2.88. The normalized spacial score (nSPS) is 10.3. The number of ether oxygens (including phenoxy) is 1. The average molecular weight is 276 g/mol. The topological polar surface area (TPSA) is 64.4 Å². The Hall–Kier alpha value is -1.85. The second-order valence-electron chi connectivity index (χ2n) is 3.98. The Bertz CT molecular complexity index is 525. The van der Waals surface area contributed by atoms with Crippen LogP contribution in [0.4, 0.5) is 4.79 Å². The summed E-state index contributed by atoms with van der Waals surface area (Å²) in [6, 6.07) is 14.5. The number of rotatable bonds is 6. The monoisotopic (exact) mass is 276 g/mol. The van der Waals surface area contributed by atoms with E-state index >= 15 is 0 Å². The Labute approximate surface area is 116 Å². The molecule has 0 unspecified atom stereocenters. The van der Waals surface area contributed by atoms with Gasteiger partial charge in [-0.15, -0.1) is 11.3 Å². The predicted molar refractivity (Wildman–Crippen MR) is 77.0 cm³/mol. The van der Waals surface area contributed by atoms with Crippen LogP contribution in [-0.4, -0.2) is 19.2 Å². The van der Waals surface area contributed by atoms with Crippen LogP contribution in [0.25, 0.3) is 10.4 Å². The highest BCUT2D eigenvalue weighted by molar-refractivity contribution is 7.15. The van der Waals surface area contributed by atoms with Gasteiger partial charge in [0.15, 0.2) is 0 Å². The summed E-state index contributed by atoms with van der Waals surface area (Å²) in [5.41, 5.74) is 6.10. The highest BCUT2D eigenvalue weighted by Gasteiger charge is 2.02. The summed E-state index contributed by atoms with van der Waals surface area (Å²) >= 11 is 1.76. The number of thiophene rings is 1. The third-order valence-corrected chi connectivity index (χ3v) is 3.68. The van der Waals surface area contributed by atoms with Crippen molar-refractivity contribution in [3.63, 3.8) is 0 Å². The van der Waals surface area contributed by atoms with Gasteiger partial charge in [0.05, 0.1) is 0 Å². The Morgan fingerprint density at radius 2 is 2.00 bits per heavy atom. The maximum atomic E-state index is 10.4. The van der Waals surface area contributed by atoms with Gasteiger partial charge < -0.3 is 15.8 Å². The molecule has 0 aliphatic heterocycles. The summed E-state index contributed by atoms with van der Waals surface area (Å²) in [5, 5.41) is 3.20. The van der Waals surface area contributed by atoms with E-state index in [1.807, 2.05) is 18.2 Å². The molecular weight excluding hydrogens is 260 g/mol. The van der Waals surface area contributed by atoms with E-state index in [1.165, 1.54) is 15.3 Å². The number of hydrogen-bond acceptors (Lipinski definition) is 4. The van der Waals surface area contributed by atoms with E-state index in [2.05, 4.69) is 34.3 Å². The number of nitrogens with two attached hydrogens (primary N) is 1. The lowest BCUT2D eigenvalue weighted by Crippen LogP contribution is -2.22. The quantitative estimate of drug-likeness (QED) is 0.797. The van der Waals surface area contributed by atoms with Crippen molar-refractivity contribution in [3.8, 4) is 10.4 Å². The van der Waals surface area contributed by atoms with Crippen molar-refractivity contribution in [2.75, 3.05) is 13.2 Å². The van der Waals surface area contributed by atoms with Gasteiger partial charge in [0.2, 0.25) is 0 Å². The highest BCUT2D eigenvalue weighted by atomic mass is 32.1. The Morgan fingerprint density at radius 1 is 1.21 bits per heavy atom. The van der Waals surface area contributed by atoms with Gasteiger partial charge in [0.1, 0.15) is 6.61 Å². The Kier molecular flexibility index (Phi) is 4.94. The van der Waals surface area contributed by atoms with Gasteiger partial charge in [-0.05, 0) is 17.7 Å². The molecule has 3 N–H and O–H groups in total. The van der Waals surface area contributed by atoms with Gasteiger partial charge in [-0.3, -0.25) is 0 Å². The fourth-order valence-electron chi connectivity index (χ4n) is 1.67. The van der Waals surface area contributed by atoms with Crippen molar-refractivity contribution in [3.05, 3.63) is 47.3 Å². The number of hydrogen-bond donors (Lipinski definition) is 2. The molecule has 1 aromatic carbocycles. The van der Waals surface area contributed by atoms with Crippen molar-refractivity contribution in [2.24, 2.45) is 5.73 Å².